The SMILES string of the molecule is C=CCCC1(CC)C=CC(c2ccccc2)=C(F)C1. The molecule has 0 amide bonds. The highest BCUT2D eigenvalue weighted by Crippen LogP contribution is 2.43. The van der Waals surface area contributed by atoms with E-state index in [0.717, 1.165) is 30.4 Å². The van der Waals surface area contributed by atoms with Crippen LogP contribution in [0.25, 0.3) is 5.57 Å². The fourth-order valence-corrected chi connectivity index (χ4v) is 2.67. The van der Waals surface area contributed by atoms with Gasteiger partial charge in [0, 0.05) is 12.0 Å². The number of halogens is 1. The van der Waals surface area contributed by atoms with Gasteiger partial charge in [-0.15, -0.1) is 6.58 Å². The van der Waals surface area contributed by atoms with Crippen molar-refractivity contribution in [2.45, 2.75) is 32.6 Å². The van der Waals surface area contributed by atoms with E-state index in [9.17, 15) is 4.39 Å². The molecule has 0 spiro atoms. The van der Waals surface area contributed by atoms with Crippen LogP contribution in [0.1, 0.15) is 38.2 Å². The average molecular weight is 256 g/mol. The van der Waals surface area contributed by atoms with Crippen LogP contribution in [0.2, 0.25) is 0 Å². The van der Waals surface area contributed by atoms with Crippen molar-refractivity contribution in [1.82, 2.24) is 0 Å². The number of allylic oxidation sites excluding steroid dienone is 5. The highest BCUT2D eigenvalue weighted by atomic mass is 19.1. The van der Waals surface area contributed by atoms with Gasteiger partial charge < -0.3 is 0 Å². The van der Waals surface area contributed by atoms with E-state index in [4.69, 9.17) is 0 Å². The lowest BCUT2D eigenvalue weighted by molar-refractivity contribution is 0.309. The van der Waals surface area contributed by atoms with Crippen LogP contribution in [-0.2, 0) is 0 Å². The predicted molar refractivity (Wildman–Crippen MR) is 80.4 cm³/mol. The molecule has 0 aliphatic heterocycles. The van der Waals surface area contributed by atoms with E-state index in [2.05, 4.69) is 19.6 Å². The van der Waals surface area contributed by atoms with Crippen LogP contribution in [0.15, 0.2) is 61.0 Å². The minimum atomic E-state index is -0.0312. The summed E-state index contributed by atoms with van der Waals surface area (Å²) in [6, 6.07) is 9.77. The van der Waals surface area contributed by atoms with E-state index in [1.807, 2.05) is 42.5 Å². The zero-order valence-electron chi connectivity index (χ0n) is 11.5. The highest BCUT2D eigenvalue weighted by molar-refractivity contribution is 5.76. The van der Waals surface area contributed by atoms with Gasteiger partial charge in [-0.2, -0.15) is 0 Å². The topological polar surface area (TPSA) is 0 Å². The molecule has 1 aromatic carbocycles. The van der Waals surface area contributed by atoms with Crippen LogP contribution >= 0.6 is 0 Å². The second-order valence-corrected chi connectivity index (χ2v) is 5.24. The Balaban J connectivity index is 2.24. The van der Waals surface area contributed by atoms with Gasteiger partial charge >= 0.3 is 0 Å². The van der Waals surface area contributed by atoms with Gasteiger partial charge in [-0.05, 0) is 30.2 Å². The molecule has 100 valence electrons. The number of rotatable bonds is 5. The maximum atomic E-state index is 14.4. The van der Waals surface area contributed by atoms with E-state index in [1.54, 1.807) is 0 Å². The van der Waals surface area contributed by atoms with Gasteiger partial charge in [0.15, 0.2) is 0 Å². The number of benzene rings is 1. The predicted octanol–water partition coefficient (Wildman–Crippen LogP) is 5.69. The summed E-state index contributed by atoms with van der Waals surface area (Å²) in [5, 5.41) is 0. The Morgan fingerprint density at radius 2 is 2.05 bits per heavy atom. The van der Waals surface area contributed by atoms with Crippen LogP contribution < -0.4 is 0 Å². The van der Waals surface area contributed by atoms with Crippen LogP contribution in [0.3, 0.4) is 0 Å². The van der Waals surface area contributed by atoms with Gasteiger partial charge in [-0.25, -0.2) is 4.39 Å². The maximum absolute atomic E-state index is 14.4. The zero-order valence-corrected chi connectivity index (χ0v) is 11.5. The summed E-state index contributed by atoms with van der Waals surface area (Å²) < 4.78 is 14.4. The molecule has 0 nitrogen and oxygen atoms in total. The van der Waals surface area contributed by atoms with Gasteiger partial charge in [0.2, 0.25) is 0 Å². The fraction of sp³-hybridized carbons (Fsp3) is 0.333. The molecule has 19 heavy (non-hydrogen) atoms. The third-order valence-electron chi connectivity index (χ3n) is 4.04. The van der Waals surface area contributed by atoms with Crippen molar-refractivity contribution in [3.05, 3.63) is 66.5 Å². The number of hydrogen-bond donors (Lipinski definition) is 0. The summed E-state index contributed by atoms with van der Waals surface area (Å²) in [6.07, 6.45) is 9.46. The summed E-state index contributed by atoms with van der Waals surface area (Å²) in [5.41, 5.74) is 1.67. The van der Waals surface area contributed by atoms with E-state index in [-0.39, 0.29) is 11.2 Å². The van der Waals surface area contributed by atoms with Gasteiger partial charge in [0.1, 0.15) is 5.83 Å². The quantitative estimate of drug-likeness (QED) is 0.594. The highest BCUT2D eigenvalue weighted by Gasteiger charge is 2.30. The minimum Gasteiger partial charge on any atom is -0.211 e. The Morgan fingerprint density at radius 3 is 2.63 bits per heavy atom. The zero-order chi connectivity index (χ0) is 13.7. The molecule has 0 saturated carbocycles. The van der Waals surface area contributed by atoms with Crippen molar-refractivity contribution >= 4 is 5.57 Å². The summed E-state index contributed by atoms with van der Waals surface area (Å²) in [5.74, 6) is 0.0135. The molecular weight excluding hydrogens is 235 g/mol. The first-order valence-electron chi connectivity index (χ1n) is 6.95. The lowest BCUT2D eigenvalue weighted by Crippen LogP contribution is -2.19. The monoisotopic (exact) mass is 256 g/mol. The Morgan fingerprint density at radius 1 is 1.32 bits per heavy atom. The van der Waals surface area contributed by atoms with E-state index in [1.165, 1.54) is 0 Å². The lowest BCUT2D eigenvalue weighted by Gasteiger charge is -2.32. The largest absolute Gasteiger partial charge is 0.211 e. The average Bonchev–Trinajstić information content (AvgIpc) is 2.46. The Labute approximate surface area is 115 Å². The van der Waals surface area contributed by atoms with Crippen molar-refractivity contribution in [2.75, 3.05) is 0 Å². The van der Waals surface area contributed by atoms with Crippen molar-refractivity contribution < 1.29 is 4.39 Å². The second kappa shape index (κ2) is 6.01. The van der Waals surface area contributed by atoms with Crippen LogP contribution in [0, 0.1) is 5.41 Å². The molecule has 0 radical (unpaired) electrons. The molecule has 0 fully saturated rings. The van der Waals surface area contributed by atoms with Gasteiger partial charge in [0.05, 0.1) is 0 Å². The van der Waals surface area contributed by atoms with E-state index >= 15 is 0 Å². The Hall–Kier alpha value is -1.63. The van der Waals surface area contributed by atoms with Gasteiger partial charge in [-0.1, -0.05) is 55.5 Å². The summed E-state index contributed by atoms with van der Waals surface area (Å²) in [6.45, 7) is 5.90. The molecule has 0 bridgehead atoms. The maximum Gasteiger partial charge on any atom is 0.109 e. The van der Waals surface area contributed by atoms with Crippen molar-refractivity contribution in [3.8, 4) is 0 Å². The Bertz CT molecular complexity index is 496. The third-order valence-corrected chi connectivity index (χ3v) is 4.04. The normalized spacial score (nSPS) is 22.6. The fourth-order valence-electron chi connectivity index (χ4n) is 2.67. The van der Waals surface area contributed by atoms with Crippen LogP contribution in [0.4, 0.5) is 4.39 Å². The van der Waals surface area contributed by atoms with Crippen LogP contribution in [-0.4, -0.2) is 0 Å². The summed E-state index contributed by atoms with van der Waals surface area (Å²) >= 11 is 0. The van der Waals surface area contributed by atoms with Crippen LogP contribution in [0.5, 0.6) is 0 Å². The molecule has 1 aliphatic carbocycles. The van der Waals surface area contributed by atoms with Gasteiger partial charge in [-0.3, -0.25) is 0 Å². The molecule has 1 aromatic rings. The minimum absolute atomic E-state index is 0.0135. The first-order chi connectivity index (χ1) is 9.21. The van der Waals surface area contributed by atoms with E-state index in [0.29, 0.717) is 6.42 Å². The smallest absolute Gasteiger partial charge is 0.109 e. The Kier molecular flexibility index (Phi) is 4.36. The lowest BCUT2D eigenvalue weighted by atomic mass is 9.73. The molecule has 1 heteroatoms. The first-order valence-corrected chi connectivity index (χ1v) is 6.95. The summed E-state index contributed by atoms with van der Waals surface area (Å²) in [4.78, 5) is 0. The molecule has 0 saturated heterocycles. The molecule has 0 heterocycles. The standard InChI is InChI=1S/C18H21F/c1-3-5-12-18(4-2)13-11-16(17(19)14-18)15-9-7-6-8-10-15/h3,6-11,13H,1,4-5,12,14H2,2H3. The molecule has 1 atom stereocenters. The van der Waals surface area contributed by atoms with Gasteiger partial charge in [0.25, 0.3) is 0 Å². The molecule has 2 rings (SSSR count). The second-order valence-electron chi connectivity index (χ2n) is 5.24. The first kappa shape index (κ1) is 13.8. The van der Waals surface area contributed by atoms with Crippen molar-refractivity contribution in [1.29, 1.82) is 0 Å². The molecule has 0 N–H and O–H groups in total. The molecule has 1 unspecified atom stereocenters. The summed E-state index contributed by atoms with van der Waals surface area (Å²) in [7, 11) is 0. The van der Waals surface area contributed by atoms with E-state index < -0.39 is 0 Å². The van der Waals surface area contributed by atoms with Crippen molar-refractivity contribution in [3.63, 3.8) is 0 Å². The third kappa shape index (κ3) is 3.04. The number of hydrogen-bond acceptors (Lipinski definition) is 0. The molecule has 1 aliphatic rings. The van der Waals surface area contributed by atoms with Crippen molar-refractivity contribution in [2.24, 2.45) is 5.41 Å². The molecule has 0 aromatic heterocycles. The molecular formula is C18H21F.